The molecule has 1 aliphatic heterocycles. The number of amides is 1. The van der Waals surface area contributed by atoms with Crippen molar-refractivity contribution in [1.82, 2.24) is 4.48 Å². The monoisotopic (exact) mass is 407 g/mol. The molecule has 0 saturated heterocycles. The van der Waals surface area contributed by atoms with Crippen molar-refractivity contribution < 1.29 is 19.5 Å². The molecule has 3 rings (SSSR count). The van der Waals surface area contributed by atoms with Gasteiger partial charge in [0.25, 0.3) is 11.7 Å². The number of benzene rings is 2. The van der Waals surface area contributed by atoms with Crippen LogP contribution >= 0.6 is 0 Å². The van der Waals surface area contributed by atoms with E-state index in [9.17, 15) is 19.5 Å². The number of allylic oxidation sites excluding steroid dienone is 1. The summed E-state index contributed by atoms with van der Waals surface area (Å²) in [6, 6.07) is 14.8. The minimum absolute atomic E-state index is 0.162. The quantitative estimate of drug-likeness (QED) is 0.491. The summed E-state index contributed by atoms with van der Waals surface area (Å²) in [6.07, 6.45) is 2.13. The van der Waals surface area contributed by atoms with E-state index in [0.717, 1.165) is 29.8 Å². The Bertz CT molecular complexity index is 1030. The Morgan fingerprint density at radius 1 is 1.00 bits per heavy atom. The first-order valence-electron chi connectivity index (χ1n) is 10.2. The van der Waals surface area contributed by atoms with Crippen LogP contribution in [0, 0.1) is 0 Å². The number of quaternary nitrogens is 1. The van der Waals surface area contributed by atoms with Crippen LogP contribution < -0.4 is 10.2 Å². The molecule has 2 aromatic rings. The van der Waals surface area contributed by atoms with Gasteiger partial charge in [-0.1, -0.05) is 44.2 Å². The molecule has 30 heavy (non-hydrogen) atoms. The zero-order chi connectivity index (χ0) is 21.9. The molecule has 0 radical (unpaired) electrons. The number of aromatic carboxylic acids is 1. The van der Waals surface area contributed by atoms with Crippen LogP contribution in [0.4, 0.5) is 5.69 Å². The molecule has 0 aliphatic carbocycles. The Morgan fingerprint density at radius 3 is 2.27 bits per heavy atom. The van der Waals surface area contributed by atoms with E-state index in [0.29, 0.717) is 35.1 Å². The lowest BCUT2D eigenvalue weighted by Gasteiger charge is -2.37. The summed E-state index contributed by atoms with van der Waals surface area (Å²) in [7, 11) is 0. The van der Waals surface area contributed by atoms with Gasteiger partial charge in [-0.25, -0.2) is 4.79 Å². The van der Waals surface area contributed by atoms with Crippen molar-refractivity contribution in [2.24, 2.45) is 5.73 Å². The van der Waals surface area contributed by atoms with Crippen LogP contribution in [0.5, 0.6) is 0 Å². The standard InChI is InChI=1S/C24H26N2O4/c1-3-13-26(14-12-16-8-6-5-7-9-16)19(4-2)21(22(27)23(25)28)18-11-10-17(24(29)30)15-20(18)26/h5-11,15H,3-4,12-14H2,1-2H3,(H2-,25,28,29,30)/p+1. The lowest BCUT2D eigenvalue weighted by atomic mass is 9.99. The second-order valence-electron chi connectivity index (χ2n) is 7.56. The predicted molar refractivity (Wildman–Crippen MR) is 117 cm³/mol. The molecular formula is C24H27N2O4+. The van der Waals surface area contributed by atoms with Gasteiger partial charge in [0.15, 0.2) is 0 Å². The van der Waals surface area contributed by atoms with Gasteiger partial charge in [-0.05, 0) is 24.1 Å². The van der Waals surface area contributed by atoms with Crippen LogP contribution in [-0.4, -0.2) is 35.9 Å². The van der Waals surface area contributed by atoms with E-state index in [-0.39, 0.29) is 5.56 Å². The minimum atomic E-state index is -1.02. The van der Waals surface area contributed by atoms with Crippen LogP contribution in [0.1, 0.15) is 48.2 Å². The summed E-state index contributed by atoms with van der Waals surface area (Å²) in [5, 5.41) is 9.55. The second-order valence-corrected chi connectivity index (χ2v) is 7.56. The number of nitrogens with two attached hydrogens (primary N) is 1. The normalized spacial score (nSPS) is 17.7. The number of carbonyl (C=O) groups excluding carboxylic acids is 2. The molecule has 0 spiro atoms. The number of hydrogen-bond donors (Lipinski definition) is 2. The van der Waals surface area contributed by atoms with Crippen molar-refractivity contribution in [1.29, 1.82) is 0 Å². The second kappa shape index (κ2) is 8.63. The maximum atomic E-state index is 12.8. The fourth-order valence-electron chi connectivity index (χ4n) is 4.57. The maximum Gasteiger partial charge on any atom is 0.335 e. The molecule has 0 aromatic heterocycles. The summed E-state index contributed by atoms with van der Waals surface area (Å²) in [5.41, 5.74) is 9.22. The largest absolute Gasteiger partial charge is 0.478 e. The number of hydrogen-bond acceptors (Lipinski definition) is 3. The van der Waals surface area contributed by atoms with Gasteiger partial charge in [0.1, 0.15) is 11.4 Å². The smallest absolute Gasteiger partial charge is 0.335 e. The van der Waals surface area contributed by atoms with Crippen LogP contribution in [0.25, 0.3) is 5.57 Å². The number of carboxylic acid groups (broad SMARTS) is 1. The summed E-state index contributed by atoms with van der Waals surface area (Å²) in [6.45, 7) is 5.37. The van der Waals surface area contributed by atoms with Crippen LogP contribution in [0.2, 0.25) is 0 Å². The summed E-state index contributed by atoms with van der Waals surface area (Å²) in [4.78, 5) is 36.3. The highest BCUT2D eigenvalue weighted by molar-refractivity contribution is 6.54. The minimum Gasteiger partial charge on any atom is -0.478 e. The molecule has 1 heterocycles. The van der Waals surface area contributed by atoms with Crippen molar-refractivity contribution in [2.45, 2.75) is 33.1 Å². The Hall–Kier alpha value is -3.25. The van der Waals surface area contributed by atoms with Crippen LogP contribution in [0.3, 0.4) is 0 Å². The molecule has 0 saturated carbocycles. The highest BCUT2D eigenvalue weighted by atomic mass is 16.4. The first kappa shape index (κ1) is 21.5. The van der Waals surface area contributed by atoms with E-state index in [1.54, 1.807) is 12.1 Å². The van der Waals surface area contributed by atoms with Crippen molar-refractivity contribution in [3.05, 3.63) is 70.9 Å². The molecule has 156 valence electrons. The third kappa shape index (κ3) is 3.66. The van der Waals surface area contributed by atoms with E-state index < -0.39 is 17.7 Å². The zero-order valence-corrected chi connectivity index (χ0v) is 17.4. The van der Waals surface area contributed by atoms with Crippen LogP contribution in [0.15, 0.2) is 54.2 Å². The van der Waals surface area contributed by atoms with Crippen molar-refractivity contribution in [3.8, 4) is 0 Å². The lowest BCUT2D eigenvalue weighted by molar-refractivity contribution is -0.132. The number of ketones is 1. The van der Waals surface area contributed by atoms with Crippen molar-refractivity contribution in [2.75, 3.05) is 13.1 Å². The lowest BCUT2D eigenvalue weighted by Crippen LogP contribution is -2.49. The van der Waals surface area contributed by atoms with Gasteiger partial charge in [0.05, 0.1) is 29.8 Å². The number of rotatable bonds is 9. The number of nitrogens with zero attached hydrogens (tertiary/aromatic N) is 1. The molecule has 6 heteroatoms. The molecule has 1 amide bonds. The Kier molecular flexibility index (Phi) is 6.17. The molecule has 0 bridgehead atoms. The van der Waals surface area contributed by atoms with Gasteiger partial charge in [-0.2, -0.15) is 0 Å². The van der Waals surface area contributed by atoms with Gasteiger partial charge in [0.2, 0.25) is 0 Å². The average molecular weight is 407 g/mol. The van der Waals surface area contributed by atoms with E-state index in [2.05, 4.69) is 19.1 Å². The van der Waals surface area contributed by atoms with Gasteiger partial charge in [0, 0.05) is 18.9 Å². The number of carbonyl (C=O) groups is 3. The van der Waals surface area contributed by atoms with Gasteiger partial charge in [-0.3, -0.25) is 14.1 Å². The number of primary amides is 1. The molecule has 6 nitrogen and oxygen atoms in total. The summed E-state index contributed by atoms with van der Waals surface area (Å²) in [5.74, 6) is -2.74. The average Bonchev–Trinajstić information content (AvgIpc) is 3.01. The SMILES string of the molecule is CCC[N+]1(CCc2ccccc2)C(CC)=C(C(=O)C(N)=O)c2ccc(C(=O)O)cc21. The molecule has 2 aromatic carbocycles. The topological polar surface area (TPSA) is 97.5 Å². The fraction of sp³-hybridized carbons (Fsp3) is 0.292. The third-order valence-electron chi connectivity index (χ3n) is 5.80. The van der Waals surface area contributed by atoms with E-state index >= 15 is 0 Å². The highest BCUT2D eigenvalue weighted by Gasteiger charge is 2.47. The first-order valence-corrected chi connectivity index (χ1v) is 10.2. The molecular weight excluding hydrogens is 380 g/mol. The summed E-state index contributed by atoms with van der Waals surface area (Å²) < 4.78 is 0.368. The number of carboxylic acids is 1. The molecule has 1 atom stereocenters. The third-order valence-corrected chi connectivity index (χ3v) is 5.80. The zero-order valence-electron chi connectivity index (χ0n) is 17.4. The molecule has 1 unspecified atom stereocenters. The highest BCUT2D eigenvalue weighted by Crippen LogP contribution is 2.47. The Balaban J connectivity index is 2.23. The van der Waals surface area contributed by atoms with Crippen LogP contribution in [-0.2, 0) is 16.0 Å². The molecule has 1 aliphatic rings. The predicted octanol–water partition coefficient (Wildman–Crippen LogP) is 3.53. The van der Waals surface area contributed by atoms with E-state index in [4.69, 9.17) is 5.73 Å². The Labute approximate surface area is 176 Å². The van der Waals surface area contributed by atoms with E-state index in [1.165, 1.54) is 6.07 Å². The maximum absolute atomic E-state index is 12.8. The van der Waals surface area contributed by atoms with Gasteiger partial charge >= 0.3 is 5.97 Å². The molecule has 3 N–H and O–H groups in total. The van der Waals surface area contributed by atoms with Gasteiger partial charge < -0.3 is 10.8 Å². The molecule has 0 fully saturated rings. The summed E-state index contributed by atoms with van der Waals surface area (Å²) >= 11 is 0. The van der Waals surface area contributed by atoms with Gasteiger partial charge in [-0.15, -0.1) is 0 Å². The number of fused-ring (bicyclic) bond motifs is 1. The fourth-order valence-corrected chi connectivity index (χ4v) is 4.57. The Morgan fingerprint density at radius 2 is 1.70 bits per heavy atom. The van der Waals surface area contributed by atoms with Crippen molar-refractivity contribution >= 4 is 28.9 Å². The van der Waals surface area contributed by atoms with E-state index in [1.807, 2.05) is 25.1 Å². The first-order chi connectivity index (χ1) is 14.4. The number of Topliss-reactive ketones (excluding diaryl/α,β-unsaturated/α-hetero) is 1. The van der Waals surface area contributed by atoms with Crippen molar-refractivity contribution in [3.63, 3.8) is 0 Å².